The van der Waals surface area contributed by atoms with Gasteiger partial charge < -0.3 is 15.1 Å². The highest BCUT2D eigenvalue weighted by Gasteiger charge is 2.36. The molecule has 3 heterocycles. The molecule has 2 aliphatic rings. The molecule has 0 bridgehead atoms. The van der Waals surface area contributed by atoms with E-state index in [1.165, 1.54) is 5.69 Å². The fourth-order valence-corrected chi connectivity index (χ4v) is 4.95. The molecule has 0 spiro atoms. The van der Waals surface area contributed by atoms with E-state index in [4.69, 9.17) is 5.10 Å². The summed E-state index contributed by atoms with van der Waals surface area (Å²) in [6.45, 7) is 11.5. The molecule has 0 aliphatic carbocycles. The largest absolute Gasteiger partial charge is 0.352 e. The van der Waals surface area contributed by atoms with Crippen LogP contribution in [0, 0.1) is 5.92 Å². The van der Waals surface area contributed by atoms with Crippen LogP contribution in [0.2, 0.25) is 0 Å². The zero-order chi connectivity index (χ0) is 22.8. The van der Waals surface area contributed by atoms with E-state index < -0.39 is 0 Å². The minimum absolute atomic E-state index is 0.0462. The monoisotopic (exact) mass is 437 g/mol. The topological polar surface area (TPSA) is 70.5 Å². The highest BCUT2D eigenvalue weighted by molar-refractivity contribution is 5.89. The maximum Gasteiger partial charge on any atom is 0.225 e. The summed E-state index contributed by atoms with van der Waals surface area (Å²) in [5, 5.41) is 7.81. The summed E-state index contributed by atoms with van der Waals surface area (Å²) in [5.74, 6) is 0.115. The van der Waals surface area contributed by atoms with Crippen LogP contribution in [0.25, 0.3) is 5.69 Å². The highest BCUT2D eigenvalue weighted by atomic mass is 16.2. The average Bonchev–Trinajstić information content (AvgIpc) is 3.50. The fourth-order valence-electron chi connectivity index (χ4n) is 4.95. The Morgan fingerprint density at radius 1 is 1.12 bits per heavy atom. The molecule has 7 heteroatoms. The van der Waals surface area contributed by atoms with E-state index >= 15 is 0 Å². The van der Waals surface area contributed by atoms with Gasteiger partial charge in [-0.15, -0.1) is 0 Å². The van der Waals surface area contributed by atoms with Crippen molar-refractivity contribution in [2.24, 2.45) is 5.92 Å². The van der Waals surface area contributed by atoms with E-state index in [-0.39, 0.29) is 23.8 Å². The summed E-state index contributed by atoms with van der Waals surface area (Å²) >= 11 is 0. The molecule has 32 heavy (non-hydrogen) atoms. The number of para-hydroxylation sites is 1. The molecule has 7 nitrogen and oxygen atoms in total. The zero-order valence-corrected chi connectivity index (χ0v) is 19.6. The molecular formula is C25H35N5O2. The van der Waals surface area contributed by atoms with Gasteiger partial charge in [-0.2, -0.15) is 5.10 Å². The lowest BCUT2D eigenvalue weighted by molar-refractivity contribution is -0.130. The minimum atomic E-state index is -0.277. The van der Waals surface area contributed by atoms with Crippen LogP contribution in [0.15, 0.2) is 36.5 Å². The van der Waals surface area contributed by atoms with Crippen LogP contribution in [0.1, 0.15) is 57.7 Å². The Labute approximate surface area is 190 Å². The van der Waals surface area contributed by atoms with Crippen LogP contribution in [-0.2, 0) is 16.1 Å². The summed E-state index contributed by atoms with van der Waals surface area (Å²) in [5.41, 5.74) is 3.28. The maximum absolute atomic E-state index is 12.9. The number of likely N-dealkylation sites (tertiary alicyclic amines) is 2. The minimum Gasteiger partial charge on any atom is -0.352 e. The molecule has 2 fully saturated rings. The highest BCUT2D eigenvalue weighted by Crippen LogP contribution is 2.32. The van der Waals surface area contributed by atoms with Crippen molar-refractivity contribution < 1.29 is 9.59 Å². The van der Waals surface area contributed by atoms with Gasteiger partial charge in [-0.1, -0.05) is 18.2 Å². The lowest BCUT2D eigenvalue weighted by Gasteiger charge is -2.21. The van der Waals surface area contributed by atoms with Gasteiger partial charge in [0.15, 0.2) is 0 Å². The van der Waals surface area contributed by atoms with E-state index in [0.29, 0.717) is 31.5 Å². The first kappa shape index (κ1) is 22.5. The molecule has 2 saturated heterocycles. The van der Waals surface area contributed by atoms with Crippen molar-refractivity contribution in [3.05, 3.63) is 47.8 Å². The molecule has 0 radical (unpaired) electrons. The Morgan fingerprint density at radius 3 is 2.50 bits per heavy atom. The molecule has 4 rings (SSSR count). The molecule has 2 aromatic rings. The third kappa shape index (κ3) is 4.58. The van der Waals surface area contributed by atoms with Crippen molar-refractivity contribution in [2.75, 3.05) is 19.6 Å². The number of hydrogen-bond donors (Lipinski definition) is 1. The summed E-state index contributed by atoms with van der Waals surface area (Å²) in [6.07, 6.45) is 3.27. The van der Waals surface area contributed by atoms with E-state index in [1.54, 1.807) is 4.90 Å². The van der Waals surface area contributed by atoms with Crippen molar-refractivity contribution in [1.82, 2.24) is 24.9 Å². The van der Waals surface area contributed by atoms with Crippen LogP contribution in [0.3, 0.4) is 0 Å². The standard InChI is InChI=1S/C25H35N5O2/c1-17(2)28-11-10-19(15-28)24-21(14-27-30(24)22-8-6-5-7-9-22)13-26-25(32)20-12-23(31)29(16-20)18(3)4/h5-9,14,17-20H,10-13,15-16H2,1-4H3,(H,26,32). The Morgan fingerprint density at radius 2 is 1.88 bits per heavy atom. The van der Waals surface area contributed by atoms with Gasteiger partial charge in [0.05, 0.1) is 23.5 Å². The quantitative estimate of drug-likeness (QED) is 0.723. The second-order valence-corrected chi connectivity index (χ2v) is 9.64. The second kappa shape index (κ2) is 9.45. The third-order valence-electron chi connectivity index (χ3n) is 6.83. The van der Waals surface area contributed by atoms with Crippen molar-refractivity contribution >= 4 is 11.8 Å². The zero-order valence-electron chi connectivity index (χ0n) is 19.6. The third-order valence-corrected chi connectivity index (χ3v) is 6.83. The number of carbonyl (C=O) groups is 2. The van der Waals surface area contributed by atoms with Crippen molar-refractivity contribution in [3.8, 4) is 5.69 Å². The van der Waals surface area contributed by atoms with Gasteiger partial charge in [0.2, 0.25) is 11.8 Å². The van der Waals surface area contributed by atoms with Crippen LogP contribution in [0.4, 0.5) is 0 Å². The van der Waals surface area contributed by atoms with Gasteiger partial charge in [0.25, 0.3) is 0 Å². The number of amides is 2. The Bertz CT molecular complexity index is 952. The van der Waals surface area contributed by atoms with Gasteiger partial charge in [-0.05, 0) is 52.8 Å². The molecule has 0 saturated carbocycles. The molecule has 172 valence electrons. The number of aromatic nitrogens is 2. The number of carbonyl (C=O) groups excluding carboxylic acids is 2. The number of hydrogen-bond acceptors (Lipinski definition) is 4. The predicted molar refractivity (Wildman–Crippen MR) is 124 cm³/mol. The summed E-state index contributed by atoms with van der Waals surface area (Å²) < 4.78 is 2.04. The summed E-state index contributed by atoms with van der Waals surface area (Å²) in [7, 11) is 0. The van der Waals surface area contributed by atoms with E-state index in [0.717, 1.165) is 30.8 Å². The van der Waals surface area contributed by atoms with Crippen molar-refractivity contribution in [3.63, 3.8) is 0 Å². The van der Waals surface area contributed by atoms with Crippen LogP contribution < -0.4 is 5.32 Å². The Kier molecular flexibility index (Phi) is 6.65. The van der Waals surface area contributed by atoms with Crippen molar-refractivity contribution in [1.29, 1.82) is 0 Å². The normalized spacial score (nSPS) is 21.8. The first-order valence-corrected chi connectivity index (χ1v) is 11.8. The number of nitrogens with one attached hydrogen (secondary N) is 1. The van der Waals surface area contributed by atoms with Gasteiger partial charge >= 0.3 is 0 Å². The van der Waals surface area contributed by atoms with Crippen LogP contribution in [0.5, 0.6) is 0 Å². The van der Waals surface area contributed by atoms with Gasteiger partial charge in [-0.25, -0.2) is 4.68 Å². The molecule has 2 aliphatic heterocycles. The van der Waals surface area contributed by atoms with E-state index in [2.05, 4.69) is 36.2 Å². The van der Waals surface area contributed by atoms with E-state index in [9.17, 15) is 9.59 Å². The van der Waals surface area contributed by atoms with Gasteiger partial charge in [-0.3, -0.25) is 9.59 Å². The Hall–Kier alpha value is -2.67. The lowest BCUT2D eigenvalue weighted by Crippen LogP contribution is -2.35. The lowest BCUT2D eigenvalue weighted by atomic mass is 10.00. The second-order valence-electron chi connectivity index (χ2n) is 9.64. The smallest absolute Gasteiger partial charge is 0.225 e. The molecule has 2 atom stereocenters. The molecule has 1 N–H and O–H groups in total. The molecule has 2 amide bonds. The molecule has 1 aromatic carbocycles. The first-order chi connectivity index (χ1) is 15.3. The van der Waals surface area contributed by atoms with E-state index in [1.807, 2.05) is 42.9 Å². The first-order valence-electron chi connectivity index (χ1n) is 11.8. The molecular weight excluding hydrogens is 402 g/mol. The van der Waals surface area contributed by atoms with Crippen LogP contribution >= 0.6 is 0 Å². The molecule has 1 aromatic heterocycles. The SMILES string of the molecule is CC(C)N1CCC(c2c(CNC(=O)C3CC(=O)N(C(C)C)C3)cnn2-c2ccccc2)C1. The maximum atomic E-state index is 12.9. The fraction of sp³-hybridized carbons (Fsp3) is 0.560. The van der Waals surface area contributed by atoms with Crippen LogP contribution in [-0.4, -0.2) is 63.1 Å². The summed E-state index contributed by atoms with van der Waals surface area (Å²) in [6, 6.07) is 10.8. The Balaban J connectivity index is 1.52. The number of benzene rings is 1. The average molecular weight is 438 g/mol. The van der Waals surface area contributed by atoms with Crippen molar-refractivity contribution in [2.45, 2.75) is 65.1 Å². The summed E-state index contributed by atoms with van der Waals surface area (Å²) in [4.78, 5) is 29.4. The van der Waals surface area contributed by atoms with Gasteiger partial charge in [0, 0.05) is 49.6 Å². The predicted octanol–water partition coefficient (Wildman–Crippen LogP) is 2.94. The molecule has 2 unspecified atom stereocenters. The van der Waals surface area contributed by atoms with Gasteiger partial charge in [0.1, 0.15) is 0 Å². The number of nitrogens with zero attached hydrogens (tertiary/aromatic N) is 4. The number of rotatable bonds is 7.